The average Bonchev–Trinajstić information content (AvgIpc) is 2.39. The average molecular weight is 292 g/mol. The summed E-state index contributed by atoms with van der Waals surface area (Å²) in [6, 6.07) is 0. The number of methoxy groups -OCH3 is 1. The van der Waals surface area contributed by atoms with Crippen LogP contribution in [0.25, 0.3) is 0 Å². The van der Waals surface area contributed by atoms with Crippen molar-refractivity contribution in [2.45, 2.75) is 45.4 Å². The Balaban J connectivity index is 2.17. The summed E-state index contributed by atoms with van der Waals surface area (Å²) in [5.41, 5.74) is 0. The van der Waals surface area contributed by atoms with Crippen molar-refractivity contribution in [3.63, 3.8) is 0 Å². The molecule has 0 aromatic carbocycles. The summed E-state index contributed by atoms with van der Waals surface area (Å²) in [4.78, 5) is 0. The van der Waals surface area contributed by atoms with Crippen molar-refractivity contribution in [3.8, 4) is 0 Å². The summed E-state index contributed by atoms with van der Waals surface area (Å²) in [7, 11) is -1.08. The molecule has 1 fully saturated rings. The Hall–Kier alpha value is 0.110. The van der Waals surface area contributed by atoms with E-state index < -0.39 is 7.60 Å². The predicted octanol–water partition coefficient (Wildman–Crippen LogP) is 4.10. The molecule has 0 aliphatic heterocycles. The summed E-state index contributed by atoms with van der Waals surface area (Å²) in [6.45, 7) is 5.63. The third kappa shape index (κ3) is 7.45. The first-order valence-electron chi connectivity index (χ1n) is 7.43. The lowest BCUT2D eigenvalue weighted by Gasteiger charge is -2.28. The first-order valence-corrected chi connectivity index (χ1v) is 9.42. The fourth-order valence-corrected chi connectivity index (χ4v) is 3.47. The van der Waals surface area contributed by atoms with Gasteiger partial charge in [0.15, 0.2) is 0 Å². The van der Waals surface area contributed by atoms with Crippen molar-refractivity contribution in [1.82, 2.24) is 0 Å². The van der Waals surface area contributed by atoms with Crippen LogP contribution in [0.15, 0.2) is 0 Å². The van der Waals surface area contributed by atoms with Gasteiger partial charge in [0.2, 0.25) is 0 Å². The Bertz CT molecular complexity index is 275. The van der Waals surface area contributed by atoms with Gasteiger partial charge in [-0.1, -0.05) is 13.3 Å². The molecule has 1 atom stereocenters. The maximum Gasteiger partial charge on any atom is 0.327 e. The topological polar surface area (TPSA) is 44.8 Å². The van der Waals surface area contributed by atoms with E-state index in [1.165, 1.54) is 12.8 Å². The van der Waals surface area contributed by atoms with E-state index in [-0.39, 0.29) is 0 Å². The molecule has 1 aliphatic carbocycles. The van der Waals surface area contributed by atoms with Crippen LogP contribution in [0.1, 0.15) is 45.4 Å². The molecule has 5 heteroatoms. The van der Waals surface area contributed by atoms with Gasteiger partial charge < -0.3 is 13.8 Å². The smallest absolute Gasteiger partial charge is 0.327 e. The minimum Gasteiger partial charge on any atom is -0.384 e. The highest BCUT2D eigenvalue weighted by molar-refractivity contribution is 7.52. The highest BCUT2D eigenvalue weighted by Crippen LogP contribution is 2.45. The van der Waals surface area contributed by atoms with Gasteiger partial charge in [0.1, 0.15) is 0 Å². The van der Waals surface area contributed by atoms with Gasteiger partial charge in [-0.2, -0.15) is 0 Å². The van der Waals surface area contributed by atoms with E-state index in [9.17, 15) is 4.57 Å². The molecule has 0 aromatic heterocycles. The van der Waals surface area contributed by atoms with E-state index in [1.807, 2.05) is 0 Å². The SMILES string of the molecule is CCCCOP(C)(=O)OCC1CCC(COC)CC1. The van der Waals surface area contributed by atoms with Crippen molar-refractivity contribution in [2.24, 2.45) is 11.8 Å². The van der Waals surface area contributed by atoms with E-state index in [0.29, 0.717) is 25.0 Å². The highest BCUT2D eigenvalue weighted by atomic mass is 31.2. The molecule has 0 heterocycles. The van der Waals surface area contributed by atoms with Gasteiger partial charge >= 0.3 is 7.60 Å². The maximum absolute atomic E-state index is 12.0. The van der Waals surface area contributed by atoms with Crippen molar-refractivity contribution in [1.29, 1.82) is 0 Å². The van der Waals surface area contributed by atoms with Crippen molar-refractivity contribution < 1.29 is 18.3 Å². The third-order valence-electron chi connectivity index (χ3n) is 3.74. The highest BCUT2D eigenvalue weighted by Gasteiger charge is 2.24. The summed E-state index contributed by atoms with van der Waals surface area (Å²) >= 11 is 0. The molecular weight excluding hydrogens is 263 g/mol. The third-order valence-corrected chi connectivity index (χ3v) is 5.01. The van der Waals surface area contributed by atoms with Crippen LogP contribution in [-0.2, 0) is 18.3 Å². The Labute approximate surface area is 117 Å². The van der Waals surface area contributed by atoms with Crippen LogP contribution in [0.2, 0.25) is 0 Å². The van der Waals surface area contributed by atoms with E-state index >= 15 is 0 Å². The predicted molar refractivity (Wildman–Crippen MR) is 77.7 cm³/mol. The van der Waals surface area contributed by atoms with Gasteiger partial charge in [0.25, 0.3) is 0 Å². The zero-order valence-electron chi connectivity index (χ0n) is 12.6. The van der Waals surface area contributed by atoms with Crippen LogP contribution < -0.4 is 0 Å². The van der Waals surface area contributed by atoms with Gasteiger partial charge in [-0.3, -0.25) is 4.57 Å². The number of hydrogen-bond donors (Lipinski definition) is 0. The first kappa shape index (κ1) is 17.2. The summed E-state index contributed by atoms with van der Waals surface area (Å²) in [5.74, 6) is 1.21. The van der Waals surface area contributed by atoms with Gasteiger partial charge in [0.05, 0.1) is 13.2 Å². The second-order valence-corrected chi connectivity index (χ2v) is 7.66. The maximum atomic E-state index is 12.0. The number of unbranched alkanes of at least 4 members (excludes halogenated alkanes) is 1. The molecule has 1 saturated carbocycles. The van der Waals surface area contributed by atoms with Gasteiger partial charge in [-0.05, 0) is 43.9 Å². The molecule has 1 rings (SSSR count). The van der Waals surface area contributed by atoms with E-state index in [4.69, 9.17) is 13.8 Å². The largest absolute Gasteiger partial charge is 0.384 e. The summed E-state index contributed by atoms with van der Waals surface area (Å²) < 4.78 is 28.1. The fourth-order valence-electron chi connectivity index (χ4n) is 2.45. The van der Waals surface area contributed by atoms with Crippen LogP contribution in [0.5, 0.6) is 0 Å². The van der Waals surface area contributed by atoms with Crippen LogP contribution in [-0.4, -0.2) is 33.6 Å². The minimum absolute atomic E-state index is 0.524. The lowest BCUT2D eigenvalue weighted by molar-refractivity contribution is 0.101. The fraction of sp³-hybridized carbons (Fsp3) is 1.00. The lowest BCUT2D eigenvalue weighted by atomic mass is 9.83. The number of ether oxygens (including phenoxy) is 1. The lowest BCUT2D eigenvalue weighted by Crippen LogP contribution is -2.21. The Morgan fingerprint density at radius 1 is 1.05 bits per heavy atom. The minimum atomic E-state index is -2.84. The molecule has 0 saturated heterocycles. The molecule has 0 amide bonds. The Morgan fingerprint density at radius 2 is 1.63 bits per heavy atom. The molecule has 114 valence electrons. The van der Waals surface area contributed by atoms with Gasteiger partial charge in [0, 0.05) is 20.4 Å². The van der Waals surface area contributed by atoms with E-state index in [1.54, 1.807) is 13.8 Å². The van der Waals surface area contributed by atoms with Crippen LogP contribution >= 0.6 is 7.60 Å². The summed E-state index contributed by atoms with van der Waals surface area (Å²) in [6.07, 6.45) is 6.64. The Morgan fingerprint density at radius 3 is 2.16 bits per heavy atom. The standard InChI is InChI=1S/C14H29O4P/c1-4-5-10-17-19(3,15)18-12-14-8-6-13(7-9-14)11-16-2/h13-14H,4-12H2,1-3H3. The quantitative estimate of drug-likeness (QED) is 0.474. The molecule has 1 unspecified atom stereocenters. The normalized spacial score (nSPS) is 27.1. The molecule has 19 heavy (non-hydrogen) atoms. The molecule has 4 nitrogen and oxygen atoms in total. The molecular formula is C14H29O4P. The van der Waals surface area contributed by atoms with Crippen molar-refractivity contribution >= 4 is 7.60 Å². The van der Waals surface area contributed by atoms with Crippen molar-refractivity contribution in [2.75, 3.05) is 33.6 Å². The van der Waals surface area contributed by atoms with Crippen LogP contribution in [0.3, 0.4) is 0 Å². The van der Waals surface area contributed by atoms with Crippen LogP contribution in [0.4, 0.5) is 0 Å². The Kier molecular flexibility index (Phi) is 8.24. The van der Waals surface area contributed by atoms with Gasteiger partial charge in [-0.25, -0.2) is 0 Å². The second-order valence-electron chi connectivity index (χ2n) is 5.60. The van der Waals surface area contributed by atoms with Crippen LogP contribution in [0, 0.1) is 11.8 Å². The molecule has 0 N–H and O–H groups in total. The molecule has 1 aliphatic rings. The first-order chi connectivity index (χ1) is 9.07. The van der Waals surface area contributed by atoms with Gasteiger partial charge in [-0.15, -0.1) is 0 Å². The number of rotatable bonds is 9. The zero-order valence-corrected chi connectivity index (χ0v) is 13.5. The zero-order chi connectivity index (χ0) is 14.1. The second kappa shape index (κ2) is 9.12. The molecule has 0 aromatic rings. The van der Waals surface area contributed by atoms with E-state index in [2.05, 4.69) is 6.92 Å². The summed E-state index contributed by atoms with van der Waals surface area (Å²) in [5, 5.41) is 0. The molecule has 0 bridgehead atoms. The number of hydrogen-bond acceptors (Lipinski definition) is 4. The molecule has 0 radical (unpaired) electrons. The van der Waals surface area contributed by atoms with E-state index in [0.717, 1.165) is 32.3 Å². The van der Waals surface area contributed by atoms with Crippen molar-refractivity contribution in [3.05, 3.63) is 0 Å². The monoisotopic (exact) mass is 292 g/mol. The molecule has 0 spiro atoms.